The Labute approximate surface area is 144 Å². The van der Waals surface area contributed by atoms with E-state index in [0.717, 1.165) is 32.7 Å². The van der Waals surface area contributed by atoms with E-state index in [0.29, 0.717) is 5.96 Å². The largest absolute Gasteiger partial charge is 0.368 e. The van der Waals surface area contributed by atoms with Crippen molar-refractivity contribution in [3.8, 4) is 0 Å². The lowest BCUT2D eigenvalue weighted by Crippen LogP contribution is -2.49. The molecule has 1 fully saturated rings. The van der Waals surface area contributed by atoms with Crippen LogP contribution in [0.5, 0.6) is 0 Å². The van der Waals surface area contributed by atoms with E-state index >= 15 is 0 Å². The molecule has 1 heterocycles. The first-order valence-corrected chi connectivity index (χ1v) is 8.72. The molecule has 0 aliphatic carbocycles. The third-order valence-electron chi connectivity index (χ3n) is 3.90. The molecule has 0 atom stereocenters. The summed E-state index contributed by atoms with van der Waals surface area (Å²) in [5.41, 5.74) is 1.22. The van der Waals surface area contributed by atoms with Crippen molar-refractivity contribution < 1.29 is 4.79 Å². The Bertz CT molecular complexity index is 536. The highest BCUT2D eigenvalue weighted by atomic mass is 16.2. The first-order valence-electron chi connectivity index (χ1n) is 8.72. The number of carbonyl (C=O) groups is 1. The minimum Gasteiger partial charge on any atom is -0.368 e. The highest BCUT2D eigenvalue weighted by Gasteiger charge is 2.20. The molecule has 6 nitrogen and oxygen atoms in total. The minimum absolute atomic E-state index is 0.0867. The number of nitrogens with one attached hydrogen (secondary N) is 2. The van der Waals surface area contributed by atoms with Gasteiger partial charge in [0.2, 0.25) is 5.91 Å². The number of anilines is 1. The Balaban J connectivity index is 1.83. The van der Waals surface area contributed by atoms with Crippen molar-refractivity contribution in [3.05, 3.63) is 30.3 Å². The average Bonchev–Trinajstić information content (AvgIpc) is 2.60. The number of rotatable bonds is 5. The summed E-state index contributed by atoms with van der Waals surface area (Å²) in [6, 6.07) is 10.6. The Hall–Kier alpha value is -2.24. The zero-order valence-corrected chi connectivity index (χ0v) is 15.0. The number of benzene rings is 1. The van der Waals surface area contributed by atoms with Crippen molar-refractivity contribution in [1.82, 2.24) is 15.5 Å². The molecule has 1 aliphatic heterocycles. The van der Waals surface area contributed by atoms with Crippen molar-refractivity contribution in [2.75, 3.05) is 44.2 Å². The van der Waals surface area contributed by atoms with Crippen molar-refractivity contribution in [3.63, 3.8) is 0 Å². The Kier molecular flexibility index (Phi) is 6.90. The number of amides is 1. The summed E-state index contributed by atoms with van der Waals surface area (Å²) >= 11 is 0. The van der Waals surface area contributed by atoms with Crippen molar-refractivity contribution in [1.29, 1.82) is 0 Å². The topological polar surface area (TPSA) is 60.0 Å². The molecule has 1 aliphatic rings. The van der Waals surface area contributed by atoms with Gasteiger partial charge in [0.05, 0.1) is 0 Å². The van der Waals surface area contributed by atoms with Crippen LogP contribution >= 0.6 is 0 Å². The summed E-state index contributed by atoms with van der Waals surface area (Å²) in [5, 5.41) is 6.39. The highest BCUT2D eigenvalue weighted by Crippen LogP contribution is 2.15. The fourth-order valence-corrected chi connectivity index (χ4v) is 2.69. The number of nitrogens with zero attached hydrogens (tertiary/aromatic N) is 3. The summed E-state index contributed by atoms with van der Waals surface area (Å²) in [6.45, 7) is 10.3. The molecule has 1 saturated heterocycles. The highest BCUT2D eigenvalue weighted by molar-refractivity contribution is 5.85. The standard InChI is InChI=1S/C18H29N5O/c1-4-19-18(21-15(2)3)20-14-17(24)23-12-10-22(11-13-23)16-8-6-5-7-9-16/h5-9,15H,4,10-14H2,1-3H3,(H2,19,20,21). The monoisotopic (exact) mass is 331 g/mol. The molecule has 132 valence electrons. The molecule has 0 radical (unpaired) electrons. The van der Waals surface area contributed by atoms with Crippen LogP contribution in [0.3, 0.4) is 0 Å². The quantitative estimate of drug-likeness (QED) is 0.631. The van der Waals surface area contributed by atoms with Crippen LogP contribution in [0.4, 0.5) is 5.69 Å². The molecule has 0 bridgehead atoms. The summed E-state index contributed by atoms with van der Waals surface area (Å²) in [7, 11) is 0. The van der Waals surface area contributed by atoms with Gasteiger partial charge < -0.3 is 20.4 Å². The van der Waals surface area contributed by atoms with Gasteiger partial charge in [0, 0.05) is 44.5 Å². The van der Waals surface area contributed by atoms with Gasteiger partial charge in [0.15, 0.2) is 5.96 Å². The fourth-order valence-electron chi connectivity index (χ4n) is 2.69. The number of hydrogen-bond donors (Lipinski definition) is 2. The summed E-state index contributed by atoms with van der Waals surface area (Å²) < 4.78 is 0. The summed E-state index contributed by atoms with van der Waals surface area (Å²) in [6.07, 6.45) is 0. The van der Waals surface area contributed by atoms with E-state index in [1.54, 1.807) is 0 Å². The third-order valence-corrected chi connectivity index (χ3v) is 3.90. The van der Waals surface area contributed by atoms with Crippen molar-refractivity contribution in [2.45, 2.75) is 26.8 Å². The molecular weight excluding hydrogens is 302 g/mol. The maximum Gasteiger partial charge on any atom is 0.244 e. The zero-order valence-electron chi connectivity index (χ0n) is 15.0. The van der Waals surface area contributed by atoms with Crippen LogP contribution in [0.15, 0.2) is 35.3 Å². The maximum absolute atomic E-state index is 12.4. The smallest absolute Gasteiger partial charge is 0.244 e. The fraction of sp³-hybridized carbons (Fsp3) is 0.556. The number of aliphatic imine (C=N–C) groups is 1. The molecule has 0 spiro atoms. The SMILES string of the molecule is CCNC(=NCC(=O)N1CCN(c2ccccc2)CC1)NC(C)C. The van der Waals surface area contributed by atoms with Crippen molar-refractivity contribution in [2.24, 2.45) is 4.99 Å². The lowest BCUT2D eigenvalue weighted by Gasteiger charge is -2.36. The van der Waals surface area contributed by atoms with Crippen LogP contribution in [0.1, 0.15) is 20.8 Å². The van der Waals surface area contributed by atoms with E-state index in [1.807, 2.05) is 30.0 Å². The molecule has 2 rings (SSSR count). The summed E-state index contributed by atoms with van der Waals surface area (Å²) in [5.74, 6) is 0.785. The van der Waals surface area contributed by atoms with Crippen molar-refractivity contribution >= 4 is 17.6 Å². The van der Waals surface area contributed by atoms with E-state index in [2.05, 4.69) is 46.5 Å². The first kappa shape index (κ1) is 18.1. The molecule has 1 aromatic rings. The Morgan fingerprint density at radius 2 is 1.83 bits per heavy atom. The zero-order chi connectivity index (χ0) is 17.4. The van der Waals surface area contributed by atoms with E-state index in [1.165, 1.54) is 5.69 Å². The molecule has 0 aromatic heterocycles. The van der Waals surface area contributed by atoms with Gasteiger partial charge in [-0.25, -0.2) is 4.99 Å². The molecule has 1 aromatic carbocycles. The Morgan fingerprint density at radius 1 is 1.17 bits per heavy atom. The van der Waals surface area contributed by atoms with E-state index in [-0.39, 0.29) is 18.5 Å². The predicted octanol–water partition coefficient (Wildman–Crippen LogP) is 1.30. The maximum atomic E-state index is 12.4. The second-order valence-corrected chi connectivity index (χ2v) is 6.20. The molecule has 6 heteroatoms. The molecule has 0 unspecified atom stereocenters. The van der Waals surface area contributed by atoms with Gasteiger partial charge in [0.25, 0.3) is 0 Å². The van der Waals surface area contributed by atoms with Crippen LogP contribution in [0.25, 0.3) is 0 Å². The van der Waals surface area contributed by atoms with Gasteiger partial charge in [-0.05, 0) is 32.9 Å². The normalized spacial score (nSPS) is 15.6. The Morgan fingerprint density at radius 3 is 2.42 bits per heavy atom. The third kappa shape index (κ3) is 5.44. The number of carbonyl (C=O) groups excluding carboxylic acids is 1. The second-order valence-electron chi connectivity index (χ2n) is 6.20. The van der Waals surface area contributed by atoms with Gasteiger partial charge in [-0.15, -0.1) is 0 Å². The number of guanidine groups is 1. The number of piperazine rings is 1. The predicted molar refractivity (Wildman–Crippen MR) is 99.5 cm³/mol. The molecule has 24 heavy (non-hydrogen) atoms. The van der Waals surface area contributed by atoms with Gasteiger partial charge in [0.1, 0.15) is 6.54 Å². The molecular formula is C18H29N5O. The first-order chi connectivity index (χ1) is 11.6. The van der Waals surface area contributed by atoms with Crippen LogP contribution in [-0.4, -0.2) is 62.1 Å². The molecule has 2 N–H and O–H groups in total. The second kappa shape index (κ2) is 9.15. The van der Waals surface area contributed by atoms with E-state index < -0.39 is 0 Å². The van der Waals surface area contributed by atoms with Gasteiger partial charge in [-0.2, -0.15) is 0 Å². The number of para-hydroxylation sites is 1. The van der Waals surface area contributed by atoms with Crippen LogP contribution < -0.4 is 15.5 Å². The van der Waals surface area contributed by atoms with Gasteiger partial charge in [-0.1, -0.05) is 18.2 Å². The van der Waals surface area contributed by atoms with Gasteiger partial charge in [-0.3, -0.25) is 4.79 Å². The molecule has 0 saturated carbocycles. The average molecular weight is 331 g/mol. The van der Waals surface area contributed by atoms with Gasteiger partial charge >= 0.3 is 0 Å². The molecule has 1 amide bonds. The van der Waals surface area contributed by atoms with Crippen LogP contribution in [0.2, 0.25) is 0 Å². The lowest BCUT2D eigenvalue weighted by atomic mass is 10.2. The van der Waals surface area contributed by atoms with E-state index in [4.69, 9.17) is 0 Å². The number of hydrogen-bond acceptors (Lipinski definition) is 3. The lowest BCUT2D eigenvalue weighted by molar-refractivity contribution is -0.129. The summed E-state index contributed by atoms with van der Waals surface area (Å²) in [4.78, 5) is 21.0. The van der Waals surface area contributed by atoms with E-state index in [9.17, 15) is 4.79 Å². The minimum atomic E-state index is 0.0867. The van der Waals surface area contributed by atoms with Crippen LogP contribution in [-0.2, 0) is 4.79 Å². The van der Waals surface area contributed by atoms with Crippen LogP contribution in [0, 0.1) is 0 Å².